The lowest BCUT2D eigenvalue weighted by atomic mass is 10.3. The van der Waals surface area contributed by atoms with Gasteiger partial charge in [0.05, 0.1) is 6.10 Å². The number of hydrogen-bond donors (Lipinski definition) is 1. The second-order valence-corrected chi connectivity index (χ2v) is 6.33. The van der Waals surface area contributed by atoms with E-state index < -0.39 is 0 Å². The molecule has 0 aromatic heterocycles. The van der Waals surface area contributed by atoms with Gasteiger partial charge in [0, 0.05) is 10.00 Å². The highest BCUT2D eigenvalue weighted by atomic mass is 32.2. The topological polar surface area (TPSA) is 20.2 Å². The number of thioether (sulfide) groups is 1. The van der Waals surface area contributed by atoms with E-state index in [-0.39, 0.29) is 6.10 Å². The minimum Gasteiger partial charge on any atom is -0.392 e. The third-order valence-corrected chi connectivity index (χ3v) is 3.48. The van der Waals surface area contributed by atoms with Crippen LogP contribution in [0.1, 0.15) is 40.0 Å². The van der Waals surface area contributed by atoms with Crippen LogP contribution in [0, 0.1) is 0 Å². The van der Waals surface area contributed by atoms with Crippen LogP contribution in [-0.4, -0.2) is 21.2 Å². The minimum absolute atomic E-state index is 0.0424. The first-order chi connectivity index (χ1) is 4.99. The van der Waals surface area contributed by atoms with Crippen molar-refractivity contribution >= 4 is 11.8 Å². The normalized spacial score (nSPS) is 32.7. The molecule has 0 spiro atoms. The minimum atomic E-state index is -0.0424. The number of aliphatic hydroxyl groups is 1. The maximum absolute atomic E-state index is 9.53. The molecule has 1 nitrogen and oxygen atoms in total. The summed E-state index contributed by atoms with van der Waals surface area (Å²) in [4.78, 5) is 0. The van der Waals surface area contributed by atoms with E-state index in [4.69, 9.17) is 0 Å². The molecule has 1 aliphatic carbocycles. The summed E-state index contributed by atoms with van der Waals surface area (Å²) < 4.78 is 0.302. The third-order valence-electron chi connectivity index (χ3n) is 1.92. The van der Waals surface area contributed by atoms with Crippen molar-refractivity contribution in [3.63, 3.8) is 0 Å². The second kappa shape index (κ2) is 3.36. The van der Waals surface area contributed by atoms with Crippen LogP contribution in [0.15, 0.2) is 0 Å². The largest absolute Gasteiger partial charge is 0.392 e. The van der Waals surface area contributed by atoms with Crippen LogP contribution in [0.2, 0.25) is 0 Å². The average molecular weight is 174 g/mol. The van der Waals surface area contributed by atoms with E-state index in [1.807, 2.05) is 11.8 Å². The Morgan fingerprint density at radius 2 is 1.91 bits per heavy atom. The monoisotopic (exact) mass is 174 g/mol. The Bertz CT molecular complexity index is 128. The summed E-state index contributed by atoms with van der Waals surface area (Å²) in [7, 11) is 0. The summed E-state index contributed by atoms with van der Waals surface area (Å²) in [5.41, 5.74) is 0. The molecule has 0 aliphatic heterocycles. The predicted octanol–water partition coefficient (Wildman–Crippen LogP) is 2.43. The molecule has 0 saturated heterocycles. The first kappa shape index (κ1) is 9.40. The number of hydrogen-bond acceptors (Lipinski definition) is 2. The maximum Gasteiger partial charge on any atom is 0.0659 e. The van der Waals surface area contributed by atoms with Gasteiger partial charge in [-0.3, -0.25) is 0 Å². The fourth-order valence-corrected chi connectivity index (χ4v) is 2.98. The fraction of sp³-hybridized carbons (Fsp3) is 1.00. The summed E-state index contributed by atoms with van der Waals surface area (Å²) in [6, 6.07) is 0. The third kappa shape index (κ3) is 3.04. The smallest absolute Gasteiger partial charge is 0.0659 e. The zero-order chi connectivity index (χ0) is 8.48. The molecule has 0 heterocycles. The van der Waals surface area contributed by atoms with Gasteiger partial charge >= 0.3 is 0 Å². The summed E-state index contributed by atoms with van der Waals surface area (Å²) in [5.74, 6) is 0. The van der Waals surface area contributed by atoms with E-state index in [9.17, 15) is 5.11 Å². The van der Waals surface area contributed by atoms with Gasteiger partial charge in [-0.25, -0.2) is 0 Å². The van der Waals surface area contributed by atoms with E-state index in [1.54, 1.807) is 0 Å². The molecule has 0 radical (unpaired) electrons. The zero-order valence-electron chi connectivity index (χ0n) is 7.63. The SMILES string of the molecule is CC(C)(C)S[C@@H]1CCC[C@H]1O. The van der Waals surface area contributed by atoms with E-state index in [0.29, 0.717) is 10.00 Å². The summed E-state index contributed by atoms with van der Waals surface area (Å²) in [5, 5.41) is 10.0. The van der Waals surface area contributed by atoms with Crippen molar-refractivity contribution in [3.8, 4) is 0 Å². The van der Waals surface area contributed by atoms with Crippen molar-refractivity contribution in [1.82, 2.24) is 0 Å². The van der Waals surface area contributed by atoms with Gasteiger partial charge in [0.2, 0.25) is 0 Å². The molecule has 1 fully saturated rings. The van der Waals surface area contributed by atoms with Crippen LogP contribution in [0.25, 0.3) is 0 Å². The molecule has 1 saturated carbocycles. The molecule has 2 heteroatoms. The highest BCUT2D eigenvalue weighted by Crippen LogP contribution is 2.37. The van der Waals surface area contributed by atoms with E-state index in [2.05, 4.69) is 20.8 Å². The Kier molecular flexibility index (Phi) is 2.87. The average Bonchev–Trinajstić information content (AvgIpc) is 2.12. The molecule has 1 aliphatic rings. The summed E-state index contributed by atoms with van der Waals surface area (Å²) in [6.07, 6.45) is 3.37. The summed E-state index contributed by atoms with van der Waals surface area (Å²) in [6.45, 7) is 6.63. The lowest BCUT2D eigenvalue weighted by molar-refractivity contribution is 0.187. The molecule has 0 amide bonds. The van der Waals surface area contributed by atoms with Gasteiger partial charge in [-0.1, -0.05) is 20.8 Å². The van der Waals surface area contributed by atoms with Crippen LogP contribution in [0.3, 0.4) is 0 Å². The molecule has 0 bridgehead atoms. The lowest BCUT2D eigenvalue weighted by Crippen LogP contribution is -2.22. The van der Waals surface area contributed by atoms with Crippen molar-refractivity contribution in [1.29, 1.82) is 0 Å². The molecule has 11 heavy (non-hydrogen) atoms. The van der Waals surface area contributed by atoms with Crippen molar-refractivity contribution in [2.24, 2.45) is 0 Å². The molecule has 0 aromatic carbocycles. The highest BCUT2D eigenvalue weighted by molar-refractivity contribution is 8.01. The first-order valence-electron chi connectivity index (χ1n) is 4.35. The van der Waals surface area contributed by atoms with Gasteiger partial charge in [-0.2, -0.15) is 0 Å². The van der Waals surface area contributed by atoms with E-state index in [0.717, 1.165) is 6.42 Å². The Balaban J connectivity index is 2.37. The van der Waals surface area contributed by atoms with Crippen molar-refractivity contribution in [2.45, 2.75) is 56.1 Å². The number of rotatable bonds is 1. The summed E-state index contributed by atoms with van der Waals surface area (Å²) >= 11 is 1.92. The second-order valence-electron chi connectivity index (χ2n) is 4.27. The molecule has 1 rings (SSSR count). The quantitative estimate of drug-likeness (QED) is 0.659. The molecule has 66 valence electrons. The highest BCUT2D eigenvalue weighted by Gasteiger charge is 2.29. The lowest BCUT2D eigenvalue weighted by Gasteiger charge is -2.24. The van der Waals surface area contributed by atoms with Gasteiger partial charge < -0.3 is 5.11 Å². The Hall–Kier alpha value is 0.310. The van der Waals surface area contributed by atoms with Gasteiger partial charge in [-0.15, -0.1) is 11.8 Å². The Morgan fingerprint density at radius 1 is 1.27 bits per heavy atom. The van der Waals surface area contributed by atoms with Gasteiger partial charge in [0.15, 0.2) is 0 Å². The van der Waals surface area contributed by atoms with Gasteiger partial charge in [0.1, 0.15) is 0 Å². The molecule has 1 N–H and O–H groups in total. The standard InChI is InChI=1S/C9H18OS/c1-9(2,3)11-8-6-4-5-7(8)10/h7-8,10H,4-6H2,1-3H3/t7-,8-/m1/s1. The van der Waals surface area contributed by atoms with Crippen LogP contribution in [0.5, 0.6) is 0 Å². The van der Waals surface area contributed by atoms with Crippen LogP contribution < -0.4 is 0 Å². The van der Waals surface area contributed by atoms with Crippen LogP contribution in [-0.2, 0) is 0 Å². The van der Waals surface area contributed by atoms with Crippen LogP contribution in [0.4, 0.5) is 0 Å². The molecule has 0 unspecified atom stereocenters. The van der Waals surface area contributed by atoms with Gasteiger partial charge in [-0.05, 0) is 19.3 Å². The van der Waals surface area contributed by atoms with E-state index >= 15 is 0 Å². The molecule has 0 aromatic rings. The predicted molar refractivity (Wildman–Crippen MR) is 51.0 cm³/mol. The molecule has 2 atom stereocenters. The number of aliphatic hydroxyl groups excluding tert-OH is 1. The Labute approximate surface area is 73.6 Å². The van der Waals surface area contributed by atoms with Gasteiger partial charge in [0.25, 0.3) is 0 Å². The van der Waals surface area contributed by atoms with E-state index in [1.165, 1.54) is 12.8 Å². The molecular weight excluding hydrogens is 156 g/mol. The molecular formula is C9H18OS. The van der Waals surface area contributed by atoms with Crippen molar-refractivity contribution in [2.75, 3.05) is 0 Å². The van der Waals surface area contributed by atoms with Crippen molar-refractivity contribution in [3.05, 3.63) is 0 Å². The first-order valence-corrected chi connectivity index (χ1v) is 5.23. The van der Waals surface area contributed by atoms with Crippen molar-refractivity contribution < 1.29 is 5.11 Å². The maximum atomic E-state index is 9.53. The zero-order valence-corrected chi connectivity index (χ0v) is 8.45. The van der Waals surface area contributed by atoms with Crippen LogP contribution >= 0.6 is 11.8 Å². The fourth-order valence-electron chi connectivity index (χ4n) is 1.50. The Morgan fingerprint density at radius 3 is 2.27 bits per heavy atom.